The van der Waals surface area contributed by atoms with Gasteiger partial charge < -0.3 is 24.0 Å². The Hall–Kier alpha value is -2.60. The molecular formula is C20H23ClN2O4. The molecule has 0 bridgehead atoms. The fraction of sp³-hybridized carbons (Fsp3) is 0.350. The van der Waals surface area contributed by atoms with Crippen molar-refractivity contribution in [2.45, 2.75) is 0 Å². The average molecular weight is 391 g/mol. The number of rotatable bonds is 5. The molecule has 27 heavy (non-hydrogen) atoms. The van der Waals surface area contributed by atoms with Crippen LogP contribution in [-0.2, 0) is 0 Å². The number of halogens is 1. The summed E-state index contributed by atoms with van der Waals surface area (Å²) in [7, 11) is 4.63. The van der Waals surface area contributed by atoms with E-state index in [-0.39, 0.29) is 5.91 Å². The molecule has 0 unspecified atom stereocenters. The van der Waals surface area contributed by atoms with Crippen LogP contribution in [0.25, 0.3) is 0 Å². The second-order valence-corrected chi connectivity index (χ2v) is 6.60. The average Bonchev–Trinajstić information content (AvgIpc) is 2.72. The maximum atomic E-state index is 13.1. The Bertz CT molecular complexity index is 820. The van der Waals surface area contributed by atoms with E-state index in [1.807, 2.05) is 29.2 Å². The fourth-order valence-corrected chi connectivity index (χ4v) is 3.39. The number of benzene rings is 2. The Morgan fingerprint density at radius 2 is 1.52 bits per heavy atom. The summed E-state index contributed by atoms with van der Waals surface area (Å²) in [5, 5.41) is 0.709. The molecule has 144 valence electrons. The molecule has 1 saturated heterocycles. The number of hydrogen-bond donors (Lipinski definition) is 0. The smallest absolute Gasteiger partial charge is 0.257 e. The number of anilines is 1. The van der Waals surface area contributed by atoms with Crippen molar-refractivity contribution in [2.24, 2.45) is 0 Å². The molecule has 7 heteroatoms. The maximum Gasteiger partial charge on any atom is 0.257 e. The molecule has 0 N–H and O–H groups in total. The quantitative estimate of drug-likeness (QED) is 0.783. The predicted octanol–water partition coefficient (Wildman–Crippen LogP) is 3.33. The van der Waals surface area contributed by atoms with Gasteiger partial charge in [-0.2, -0.15) is 0 Å². The van der Waals surface area contributed by atoms with E-state index in [2.05, 4.69) is 4.90 Å². The molecule has 0 spiro atoms. The molecule has 1 aliphatic heterocycles. The van der Waals surface area contributed by atoms with Crippen molar-refractivity contribution in [1.29, 1.82) is 0 Å². The third kappa shape index (κ3) is 4.06. The van der Waals surface area contributed by atoms with Gasteiger partial charge in [0.25, 0.3) is 5.91 Å². The van der Waals surface area contributed by atoms with Crippen LogP contribution in [0.1, 0.15) is 10.4 Å². The van der Waals surface area contributed by atoms with Gasteiger partial charge in [0, 0.05) is 49.0 Å². The number of ether oxygens (including phenoxy) is 3. The van der Waals surface area contributed by atoms with Crippen molar-refractivity contribution >= 4 is 23.2 Å². The van der Waals surface area contributed by atoms with Gasteiger partial charge in [-0.1, -0.05) is 17.7 Å². The first-order valence-electron chi connectivity index (χ1n) is 8.67. The van der Waals surface area contributed by atoms with Gasteiger partial charge in [-0.05, 0) is 18.2 Å². The van der Waals surface area contributed by atoms with Crippen molar-refractivity contribution in [1.82, 2.24) is 4.90 Å². The number of hydrogen-bond acceptors (Lipinski definition) is 5. The van der Waals surface area contributed by atoms with Crippen LogP contribution < -0.4 is 19.1 Å². The molecular weight excluding hydrogens is 368 g/mol. The van der Waals surface area contributed by atoms with Crippen molar-refractivity contribution < 1.29 is 19.0 Å². The van der Waals surface area contributed by atoms with Crippen LogP contribution in [0, 0.1) is 0 Å². The van der Waals surface area contributed by atoms with Gasteiger partial charge >= 0.3 is 0 Å². The summed E-state index contributed by atoms with van der Waals surface area (Å²) in [6.07, 6.45) is 0. The molecule has 0 atom stereocenters. The molecule has 0 aromatic heterocycles. The van der Waals surface area contributed by atoms with Crippen LogP contribution >= 0.6 is 11.6 Å². The third-order valence-electron chi connectivity index (χ3n) is 4.68. The van der Waals surface area contributed by atoms with E-state index < -0.39 is 0 Å². The zero-order chi connectivity index (χ0) is 19.4. The Balaban J connectivity index is 1.76. The molecule has 1 amide bonds. The zero-order valence-electron chi connectivity index (χ0n) is 15.7. The highest BCUT2D eigenvalue weighted by atomic mass is 35.5. The van der Waals surface area contributed by atoms with Crippen molar-refractivity contribution in [2.75, 3.05) is 52.4 Å². The third-order valence-corrected chi connectivity index (χ3v) is 4.91. The minimum atomic E-state index is -0.0847. The Morgan fingerprint density at radius 1 is 0.889 bits per heavy atom. The van der Waals surface area contributed by atoms with E-state index in [1.165, 1.54) is 7.11 Å². The highest BCUT2D eigenvalue weighted by molar-refractivity contribution is 6.30. The number of carbonyl (C=O) groups excluding carboxylic acids is 1. The largest absolute Gasteiger partial charge is 0.496 e. The molecule has 0 radical (unpaired) electrons. The summed E-state index contributed by atoms with van der Waals surface area (Å²) >= 11 is 6.08. The Morgan fingerprint density at radius 3 is 2.11 bits per heavy atom. The van der Waals surface area contributed by atoms with Gasteiger partial charge in [0.2, 0.25) is 0 Å². The second-order valence-electron chi connectivity index (χ2n) is 6.17. The molecule has 1 fully saturated rings. The maximum absolute atomic E-state index is 13.1. The number of amides is 1. The first-order chi connectivity index (χ1) is 13.1. The van der Waals surface area contributed by atoms with E-state index in [0.717, 1.165) is 18.8 Å². The zero-order valence-corrected chi connectivity index (χ0v) is 16.5. The molecule has 0 saturated carbocycles. The number of methoxy groups -OCH3 is 3. The molecule has 3 rings (SSSR count). The molecule has 0 aliphatic carbocycles. The number of nitrogens with zero attached hydrogens (tertiary/aromatic N) is 2. The summed E-state index contributed by atoms with van der Waals surface area (Å²) in [6, 6.07) is 11.1. The highest BCUT2D eigenvalue weighted by Crippen LogP contribution is 2.35. The number of piperazine rings is 1. The fourth-order valence-electron chi connectivity index (χ4n) is 3.21. The van der Waals surface area contributed by atoms with Gasteiger partial charge in [-0.15, -0.1) is 0 Å². The SMILES string of the molecule is COc1cc(OC)c(C(=O)N2CCN(c3cccc(Cl)c3)CC2)cc1OC. The van der Waals surface area contributed by atoms with Gasteiger partial charge in [0.15, 0.2) is 11.5 Å². The Labute approximate surface area is 164 Å². The van der Waals surface area contributed by atoms with Gasteiger partial charge in [-0.3, -0.25) is 4.79 Å². The van der Waals surface area contributed by atoms with Crippen LogP contribution in [0.5, 0.6) is 17.2 Å². The van der Waals surface area contributed by atoms with Crippen molar-refractivity contribution in [3.8, 4) is 17.2 Å². The van der Waals surface area contributed by atoms with E-state index in [0.29, 0.717) is 40.9 Å². The first-order valence-corrected chi connectivity index (χ1v) is 9.05. The summed E-state index contributed by atoms with van der Waals surface area (Å²) in [5.74, 6) is 1.41. The van der Waals surface area contributed by atoms with E-state index in [9.17, 15) is 4.79 Å². The molecule has 6 nitrogen and oxygen atoms in total. The molecule has 2 aromatic rings. The topological polar surface area (TPSA) is 51.2 Å². The van der Waals surface area contributed by atoms with Crippen LogP contribution in [-0.4, -0.2) is 58.3 Å². The van der Waals surface area contributed by atoms with Crippen LogP contribution in [0.15, 0.2) is 36.4 Å². The number of carbonyl (C=O) groups is 1. The lowest BCUT2D eigenvalue weighted by molar-refractivity contribution is 0.0743. The van der Waals surface area contributed by atoms with E-state index in [4.69, 9.17) is 25.8 Å². The highest BCUT2D eigenvalue weighted by Gasteiger charge is 2.26. The van der Waals surface area contributed by atoms with Gasteiger partial charge in [-0.25, -0.2) is 0 Å². The van der Waals surface area contributed by atoms with Crippen molar-refractivity contribution in [3.63, 3.8) is 0 Å². The molecule has 1 heterocycles. The minimum absolute atomic E-state index is 0.0847. The Kier molecular flexibility index (Phi) is 5.96. The lowest BCUT2D eigenvalue weighted by Crippen LogP contribution is -2.48. The summed E-state index contributed by atoms with van der Waals surface area (Å²) in [5.41, 5.74) is 1.53. The van der Waals surface area contributed by atoms with Gasteiger partial charge in [0.1, 0.15) is 5.75 Å². The lowest BCUT2D eigenvalue weighted by Gasteiger charge is -2.36. The second kappa shape index (κ2) is 8.39. The van der Waals surface area contributed by atoms with Crippen LogP contribution in [0.2, 0.25) is 5.02 Å². The van der Waals surface area contributed by atoms with Crippen LogP contribution in [0.3, 0.4) is 0 Å². The summed E-state index contributed by atoms with van der Waals surface area (Å²) < 4.78 is 16.0. The summed E-state index contributed by atoms with van der Waals surface area (Å²) in [6.45, 7) is 2.70. The predicted molar refractivity (Wildman–Crippen MR) is 106 cm³/mol. The standard InChI is InChI=1S/C20H23ClN2O4/c1-25-17-13-19(27-3)18(26-2)12-16(17)20(24)23-9-7-22(8-10-23)15-6-4-5-14(21)11-15/h4-6,11-13H,7-10H2,1-3H3. The molecule has 2 aromatic carbocycles. The lowest BCUT2D eigenvalue weighted by atomic mass is 10.1. The monoisotopic (exact) mass is 390 g/mol. The van der Waals surface area contributed by atoms with Crippen molar-refractivity contribution in [3.05, 3.63) is 47.0 Å². The van der Waals surface area contributed by atoms with E-state index in [1.54, 1.807) is 26.4 Å². The van der Waals surface area contributed by atoms with E-state index >= 15 is 0 Å². The van der Waals surface area contributed by atoms with Gasteiger partial charge in [0.05, 0.1) is 26.9 Å². The molecule has 1 aliphatic rings. The first kappa shape index (κ1) is 19.2. The van der Waals surface area contributed by atoms with Crippen LogP contribution in [0.4, 0.5) is 5.69 Å². The normalized spacial score (nSPS) is 14.1. The summed E-state index contributed by atoms with van der Waals surface area (Å²) in [4.78, 5) is 17.1. The minimum Gasteiger partial charge on any atom is -0.496 e.